The second-order valence-electron chi connectivity index (χ2n) is 4.70. The monoisotopic (exact) mass is 309 g/mol. The minimum atomic E-state index is 0.0948. The van der Waals surface area contributed by atoms with Crippen molar-refractivity contribution in [3.8, 4) is 5.75 Å². The van der Waals surface area contributed by atoms with Crippen LogP contribution in [-0.4, -0.2) is 16.7 Å². The van der Waals surface area contributed by atoms with Gasteiger partial charge in [-0.05, 0) is 37.6 Å². The third-order valence-corrected chi connectivity index (χ3v) is 3.22. The van der Waals surface area contributed by atoms with Crippen LogP contribution in [0.5, 0.6) is 5.75 Å². The highest BCUT2D eigenvalue weighted by atomic mass is 35.5. The number of nitrogens with one attached hydrogen (secondary N) is 1. The van der Waals surface area contributed by atoms with Gasteiger partial charge in [0.1, 0.15) is 5.75 Å². The SMILES string of the molecule is CCCNC(CC)c1nnc(COc2cccc(Cl)c2)o1. The van der Waals surface area contributed by atoms with Gasteiger partial charge in [0, 0.05) is 5.02 Å². The smallest absolute Gasteiger partial charge is 0.253 e. The van der Waals surface area contributed by atoms with E-state index in [1.165, 1.54) is 0 Å². The molecule has 21 heavy (non-hydrogen) atoms. The van der Waals surface area contributed by atoms with Crippen LogP contribution in [0.25, 0.3) is 0 Å². The fraction of sp³-hybridized carbons (Fsp3) is 0.467. The van der Waals surface area contributed by atoms with Gasteiger partial charge < -0.3 is 14.5 Å². The molecule has 0 fully saturated rings. The molecule has 1 aromatic carbocycles. The maximum absolute atomic E-state index is 5.90. The number of aromatic nitrogens is 2. The van der Waals surface area contributed by atoms with E-state index < -0.39 is 0 Å². The normalized spacial score (nSPS) is 12.3. The second-order valence-corrected chi connectivity index (χ2v) is 5.13. The Morgan fingerprint density at radius 1 is 1.33 bits per heavy atom. The Balaban J connectivity index is 1.93. The average Bonchev–Trinajstić information content (AvgIpc) is 2.95. The van der Waals surface area contributed by atoms with Crippen LogP contribution < -0.4 is 10.1 Å². The Labute approximate surface area is 129 Å². The first-order valence-corrected chi connectivity index (χ1v) is 7.54. The second kappa shape index (κ2) is 8.00. The third-order valence-electron chi connectivity index (χ3n) is 2.99. The molecule has 0 radical (unpaired) electrons. The van der Waals surface area contributed by atoms with E-state index in [0.717, 1.165) is 19.4 Å². The van der Waals surface area contributed by atoms with Gasteiger partial charge in [0.15, 0.2) is 6.61 Å². The van der Waals surface area contributed by atoms with Crippen molar-refractivity contribution in [1.29, 1.82) is 0 Å². The lowest BCUT2D eigenvalue weighted by atomic mass is 10.2. The molecule has 114 valence electrons. The van der Waals surface area contributed by atoms with E-state index in [-0.39, 0.29) is 12.6 Å². The van der Waals surface area contributed by atoms with Crippen LogP contribution >= 0.6 is 11.6 Å². The Morgan fingerprint density at radius 3 is 2.90 bits per heavy atom. The van der Waals surface area contributed by atoms with E-state index in [9.17, 15) is 0 Å². The topological polar surface area (TPSA) is 60.2 Å². The molecule has 0 spiro atoms. The summed E-state index contributed by atoms with van der Waals surface area (Å²) in [6.45, 7) is 5.37. The van der Waals surface area contributed by atoms with Crippen molar-refractivity contribution in [2.24, 2.45) is 0 Å². The number of benzene rings is 1. The van der Waals surface area contributed by atoms with Crippen LogP contribution in [0.1, 0.15) is 44.5 Å². The molecule has 0 aliphatic carbocycles. The Bertz CT molecular complexity index is 559. The number of ether oxygens (including phenoxy) is 1. The van der Waals surface area contributed by atoms with Crippen LogP contribution in [0, 0.1) is 0 Å². The van der Waals surface area contributed by atoms with Crippen molar-refractivity contribution >= 4 is 11.6 Å². The highest BCUT2D eigenvalue weighted by Gasteiger charge is 2.16. The standard InChI is InChI=1S/C15H20ClN3O2/c1-3-8-17-13(4-2)15-19-18-14(21-15)10-20-12-7-5-6-11(16)9-12/h5-7,9,13,17H,3-4,8,10H2,1-2H3. The summed E-state index contributed by atoms with van der Waals surface area (Å²) in [6, 6.07) is 7.30. The average molecular weight is 310 g/mol. The molecule has 6 heteroatoms. The number of nitrogens with zero attached hydrogens (tertiary/aromatic N) is 2. The van der Waals surface area contributed by atoms with Crippen LogP contribution in [-0.2, 0) is 6.61 Å². The minimum Gasteiger partial charge on any atom is -0.484 e. The van der Waals surface area contributed by atoms with Crippen LogP contribution in [0.2, 0.25) is 5.02 Å². The number of hydrogen-bond donors (Lipinski definition) is 1. The van der Waals surface area contributed by atoms with Gasteiger partial charge in [-0.15, -0.1) is 10.2 Å². The predicted molar refractivity (Wildman–Crippen MR) is 81.4 cm³/mol. The zero-order valence-electron chi connectivity index (χ0n) is 12.3. The summed E-state index contributed by atoms with van der Waals surface area (Å²) in [7, 11) is 0. The van der Waals surface area contributed by atoms with E-state index in [0.29, 0.717) is 22.6 Å². The summed E-state index contributed by atoms with van der Waals surface area (Å²) in [4.78, 5) is 0. The first-order chi connectivity index (χ1) is 10.2. The molecule has 1 N–H and O–H groups in total. The molecule has 0 aliphatic rings. The molecule has 2 rings (SSSR count). The first kappa shape index (κ1) is 15.8. The van der Waals surface area contributed by atoms with E-state index in [4.69, 9.17) is 20.8 Å². The highest BCUT2D eigenvalue weighted by molar-refractivity contribution is 6.30. The quantitative estimate of drug-likeness (QED) is 0.804. The number of hydrogen-bond acceptors (Lipinski definition) is 5. The van der Waals surface area contributed by atoms with Gasteiger partial charge in [-0.3, -0.25) is 0 Å². The summed E-state index contributed by atoms with van der Waals surface area (Å²) in [6.07, 6.45) is 1.96. The zero-order valence-corrected chi connectivity index (χ0v) is 13.1. The van der Waals surface area contributed by atoms with Crippen LogP contribution in [0.15, 0.2) is 28.7 Å². The maximum atomic E-state index is 5.90. The van der Waals surface area contributed by atoms with Gasteiger partial charge in [0.25, 0.3) is 5.89 Å². The molecule has 1 aromatic heterocycles. The molecular weight excluding hydrogens is 290 g/mol. The van der Waals surface area contributed by atoms with Crippen molar-refractivity contribution in [1.82, 2.24) is 15.5 Å². The summed E-state index contributed by atoms with van der Waals surface area (Å²) >= 11 is 5.90. The van der Waals surface area contributed by atoms with Crippen molar-refractivity contribution in [2.45, 2.75) is 39.3 Å². The predicted octanol–water partition coefficient (Wildman–Crippen LogP) is 3.75. The Kier molecular flexibility index (Phi) is 6.02. The van der Waals surface area contributed by atoms with E-state index >= 15 is 0 Å². The van der Waals surface area contributed by atoms with Gasteiger partial charge in [-0.25, -0.2) is 0 Å². The Hall–Kier alpha value is -1.59. The highest BCUT2D eigenvalue weighted by Crippen LogP contribution is 2.19. The summed E-state index contributed by atoms with van der Waals surface area (Å²) in [5.41, 5.74) is 0. The molecule has 0 bridgehead atoms. The third kappa shape index (κ3) is 4.72. The Morgan fingerprint density at radius 2 is 2.19 bits per heavy atom. The molecule has 0 aliphatic heterocycles. The van der Waals surface area contributed by atoms with Gasteiger partial charge in [0.2, 0.25) is 5.89 Å². The molecule has 1 atom stereocenters. The van der Waals surface area contributed by atoms with E-state index in [1.54, 1.807) is 12.1 Å². The van der Waals surface area contributed by atoms with Crippen molar-refractivity contribution < 1.29 is 9.15 Å². The molecule has 1 heterocycles. The largest absolute Gasteiger partial charge is 0.484 e. The maximum Gasteiger partial charge on any atom is 0.253 e. The van der Waals surface area contributed by atoms with Crippen molar-refractivity contribution in [3.05, 3.63) is 41.1 Å². The van der Waals surface area contributed by atoms with Crippen molar-refractivity contribution in [2.75, 3.05) is 6.54 Å². The minimum absolute atomic E-state index is 0.0948. The van der Waals surface area contributed by atoms with E-state index in [2.05, 4.69) is 29.4 Å². The van der Waals surface area contributed by atoms with Gasteiger partial charge in [-0.1, -0.05) is 31.5 Å². The first-order valence-electron chi connectivity index (χ1n) is 7.17. The number of halogens is 1. The lowest BCUT2D eigenvalue weighted by molar-refractivity contribution is 0.253. The molecule has 0 amide bonds. The molecule has 0 saturated carbocycles. The molecule has 2 aromatic rings. The summed E-state index contributed by atoms with van der Waals surface area (Å²) in [5, 5.41) is 12.1. The fourth-order valence-corrected chi connectivity index (χ4v) is 2.07. The molecular formula is C15H20ClN3O2. The fourth-order valence-electron chi connectivity index (χ4n) is 1.89. The number of rotatable bonds is 8. The van der Waals surface area contributed by atoms with E-state index in [1.807, 2.05) is 12.1 Å². The van der Waals surface area contributed by atoms with Gasteiger partial charge in [0.05, 0.1) is 6.04 Å². The molecule has 1 unspecified atom stereocenters. The molecule has 5 nitrogen and oxygen atoms in total. The lowest BCUT2D eigenvalue weighted by Gasteiger charge is -2.11. The van der Waals surface area contributed by atoms with Crippen LogP contribution in [0.3, 0.4) is 0 Å². The summed E-state index contributed by atoms with van der Waals surface area (Å²) < 4.78 is 11.2. The lowest BCUT2D eigenvalue weighted by Crippen LogP contribution is -2.21. The molecule has 0 saturated heterocycles. The van der Waals surface area contributed by atoms with Gasteiger partial charge >= 0.3 is 0 Å². The van der Waals surface area contributed by atoms with Crippen molar-refractivity contribution in [3.63, 3.8) is 0 Å². The zero-order chi connectivity index (χ0) is 15.1. The summed E-state index contributed by atoms with van der Waals surface area (Å²) in [5.74, 6) is 1.75. The van der Waals surface area contributed by atoms with Crippen LogP contribution in [0.4, 0.5) is 0 Å². The van der Waals surface area contributed by atoms with Gasteiger partial charge in [-0.2, -0.15) is 0 Å².